The lowest BCUT2D eigenvalue weighted by Gasteiger charge is -2.30. The first-order valence-electron chi connectivity index (χ1n) is 10.9. The van der Waals surface area contributed by atoms with Crippen molar-refractivity contribution in [1.29, 1.82) is 0 Å². The smallest absolute Gasteiger partial charge is 0.261 e. The fourth-order valence-electron chi connectivity index (χ4n) is 3.33. The minimum absolute atomic E-state index is 0.133. The summed E-state index contributed by atoms with van der Waals surface area (Å²) in [4.78, 5) is 27.6. The molecule has 0 spiro atoms. The van der Waals surface area contributed by atoms with Gasteiger partial charge in [-0.25, -0.2) is 0 Å². The molecule has 6 heteroatoms. The summed E-state index contributed by atoms with van der Waals surface area (Å²) >= 11 is 0. The predicted octanol–water partition coefficient (Wildman–Crippen LogP) is 4.11. The van der Waals surface area contributed by atoms with E-state index in [9.17, 15) is 9.59 Å². The van der Waals surface area contributed by atoms with Gasteiger partial charge in [-0.3, -0.25) is 9.59 Å². The molecular weight excluding hydrogens is 392 g/mol. The first-order valence-corrected chi connectivity index (χ1v) is 10.9. The molecule has 2 amide bonds. The number of nitrogens with zero attached hydrogens (tertiary/aromatic N) is 1. The SMILES string of the molecule is CCCCNC(=O)C(CC)N(Cc1cccc(OC)c1)C(=O)COc1cccc(C)c1. The fourth-order valence-corrected chi connectivity index (χ4v) is 3.33. The second-order valence-corrected chi connectivity index (χ2v) is 7.55. The van der Waals surface area contributed by atoms with Crippen molar-refractivity contribution >= 4 is 11.8 Å². The van der Waals surface area contributed by atoms with Crippen LogP contribution in [0, 0.1) is 6.92 Å². The van der Waals surface area contributed by atoms with Gasteiger partial charge in [0.2, 0.25) is 5.91 Å². The number of carbonyl (C=O) groups is 2. The van der Waals surface area contributed by atoms with E-state index in [1.165, 1.54) is 0 Å². The Morgan fingerprint density at radius 3 is 2.48 bits per heavy atom. The third-order valence-electron chi connectivity index (χ3n) is 5.05. The van der Waals surface area contributed by atoms with Crippen molar-refractivity contribution in [2.45, 2.75) is 52.6 Å². The maximum Gasteiger partial charge on any atom is 0.261 e. The van der Waals surface area contributed by atoms with Crippen molar-refractivity contribution in [1.82, 2.24) is 10.2 Å². The Kier molecular flexibility index (Phi) is 9.88. The number of hydrogen-bond acceptors (Lipinski definition) is 4. The van der Waals surface area contributed by atoms with Gasteiger partial charge in [0.05, 0.1) is 7.11 Å². The van der Waals surface area contributed by atoms with Gasteiger partial charge in [0, 0.05) is 13.1 Å². The summed E-state index contributed by atoms with van der Waals surface area (Å²) in [6.45, 7) is 6.73. The van der Waals surface area contributed by atoms with E-state index < -0.39 is 6.04 Å². The highest BCUT2D eigenvalue weighted by Gasteiger charge is 2.28. The molecule has 0 bridgehead atoms. The zero-order valence-electron chi connectivity index (χ0n) is 19.0. The van der Waals surface area contributed by atoms with Gasteiger partial charge in [-0.15, -0.1) is 0 Å². The zero-order valence-corrected chi connectivity index (χ0v) is 19.0. The molecule has 1 N–H and O–H groups in total. The first kappa shape index (κ1) is 24.3. The van der Waals surface area contributed by atoms with Crippen molar-refractivity contribution in [3.05, 3.63) is 59.7 Å². The molecule has 0 aliphatic heterocycles. The van der Waals surface area contributed by atoms with Gasteiger partial charge in [0.15, 0.2) is 6.61 Å². The van der Waals surface area contributed by atoms with Crippen LogP contribution in [0.15, 0.2) is 48.5 Å². The number of aryl methyl sites for hydroxylation is 1. The molecule has 2 aromatic rings. The van der Waals surface area contributed by atoms with Gasteiger partial charge in [-0.2, -0.15) is 0 Å². The average molecular weight is 427 g/mol. The van der Waals surface area contributed by atoms with Gasteiger partial charge in [-0.1, -0.05) is 44.5 Å². The van der Waals surface area contributed by atoms with E-state index in [1.807, 2.05) is 62.4 Å². The van der Waals surface area contributed by atoms with Crippen molar-refractivity contribution in [2.75, 3.05) is 20.3 Å². The van der Waals surface area contributed by atoms with Gasteiger partial charge in [0.1, 0.15) is 17.5 Å². The van der Waals surface area contributed by atoms with E-state index in [-0.39, 0.29) is 18.4 Å². The number of amides is 2. The lowest BCUT2D eigenvalue weighted by Crippen LogP contribution is -2.50. The molecule has 0 saturated carbocycles. The lowest BCUT2D eigenvalue weighted by molar-refractivity contribution is -0.143. The third-order valence-corrected chi connectivity index (χ3v) is 5.05. The van der Waals surface area contributed by atoms with Crippen LogP contribution in [0.4, 0.5) is 0 Å². The van der Waals surface area contributed by atoms with E-state index >= 15 is 0 Å². The van der Waals surface area contributed by atoms with Gasteiger partial charge in [-0.05, 0) is 55.2 Å². The molecule has 0 saturated heterocycles. The second kappa shape index (κ2) is 12.6. The number of benzene rings is 2. The van der Waals surface area contributed by atoms with Crippen molar-refractivity contribution in [3.63, 3.8) is 0 Å². The van der Waals surface area contributed by atoms with Crippen LogP contribution < -0.4 is 14.8 Å². The van der Waals surface area contributed by atoms with E-state index in [2.05, 4.69) is 12.2 Å². The highest BCUT2D eigenvalue weighted by molar-refractivity contribution is 5.88. The van der Waals surface area contributed by atoms with Crippen LogP contribution in [-0.4, -0.2) is 43.0 Å². The van der Waals surface area contributed by atoms with Gasteiger partial charge >= 0.3 is 0 Å². The van der Waals surface area contributed by atoms with E-state index in [0.717, 1.165) is 24.0 Å². The first-order chi connectivity index (χ1) is 15.0. The molecule has 31 heavy (non-hydrogen) atoms. The molecule has 1 atom stereocenters. The number of unbranched alkanes of at least 4 members (excludes halogenated alkanes) is 1. The van der Waals surface area contributed by atoms with E-state index in [1.54, 1.807) is 12.0 Å². The molecule has 2 aromatic carbocycles. The Balaban J connectivity index is 2.19. The van der Waals surface area contributed by atoms with Crippen LogP contribution >= 0.6 is 0 Å². The second-order valence-electron chi connectivity index (χ2n) is 7.55. The zero-order chi connectivity index (χ0) is 22.6. The fraction of sp³-hybridized carbons (Fsp3) is 0.440. The molecule has 0 fully saturated rings. The standard InChI is InChI=1S/C25H34N2O4/c1-5-7-14-26-25(29)23(6-2)27(17-20-11-9-12-21(16-20)30-4)24(28)18-31-22-13-8-10-19(3)15-22/h8-13,15-16,23H,5-7,14,17-18H2,1-4H3,(H,26,29). The molecule has 0 radical (unpaired) electrons. The minimum Gasteiger partial charge on any atom is -0.497 e. The molecule has 0 aromatic heterocycles. The predicted molar refractivity (Wildman–Crippen MR) is 122 cm³/mol. The number of methoxy groups -OCH3 is 1. The van der Waals surface area contributed by atoms with Crippen molar-refractivity contribution in [3.8, 4) is 11.5 Å². The Hall–Kier alpha value is -3.02. The summed E-state index contributed by atoms with van der Waals surface area (Å²) in [6.07, 6.45) is 2.41. The van der Waals surface area contributed by atoms with Gasteiger partial charge in [0.25, 0.3) is 5.91 Å². The number of hydrogen-bond donors (Lipinski definition) is 1. The largest absolute Gasteiger partial charge is 0.497 e. The Morgan fingerprint density at radius 2 is 1.81 bits per heavy atom. The monoisotopic (exact) mass is 426 g/mol. The molecule has 0 heterocycles. The maximum absolute atomic E-state index is 13.2. The summed E-state index contributed by atoms with van der Waals surface area (Å²) in [7, 11) is 1.60. The molecular formula is C25H34N2O4. The van der Waals surface area contributed by atoms with Gasteiger partial charge < -0.3 is 19.7 Å². The Labute approximate surface area is 185 Å². The number of rotatable bonds is 12. The average Bonchev–Trinajstić information content (AvgIpc) is 2.77. The molecule has 0 aliphatic rings. The Bertz CT molecular complexity index is 853. The highest BCUT2D eigenvalue weighted by atomic mass is 16.5. The van der Waals surface area contributed by atoms with Crippen LogP contribution in [-0.2, 0) is 16.1 Å². The molecule has 1 unspecified atom stereocenters. The topological polar surface area (TPSA) is 67.9 Å². The highest BCUT2D eigenvalue weighted by Crippen LogP contribution is 2.18. The third kappa shape index (κ3) is 7.63. The van der Waals surface area contributed by atoms with Crippen LogP contribution in [0.5, 0.6) is 11.5 Å². The van der Waals surface area contributed by atoms with E-state index in [4.69, 9.17) is 9.47 Å². The summed E-state index contributed by atoms with van der Waals surface area (Å²) in [5, 5.41) is 2.96. The quantitative estimate of drug-likeness (QED) is 0.519. The normalized spacial score (nSPS) is 11.5. The summed E-state index contributed by atoms with van der Waals surface area (Å²) in [5.74, 6) is 0.973. The molecule has 2 rings (SSSR count). The maximum atomic E-state index is 13.2. The Morgan fingerprint density at radius 1 is 1.06 bits per heavy atom. The van der Waals surface area contributed by atoms with Crippen LogP contribution in [0.2, 0.25) is 0 Å². The van der Waals surface area contributed by atoms with Crippen LogP contribution in [0.25, 0.3) is 0 Å². The molecule has 0 aliphatic carbocycles. The minimum atomic E-state index is -0.573. The lowest BCUT2D eigenvalue weighted by atomic mass is 10.1. The number of ether oxygens (including phenoxy) is 2. The molecule has 6 nitrogen and oxygen atoms in total. The number of carbonyl (C=O) groups excluding carboxylic acids is 2. The molecule has 168 valence electrons. The summed E-state index contributed by atoms with van der Waals surface area (Å²) in [6, 6.07) is 14.5. The summed E-state index contributed by atoms with van der Waals surface area (Å²) < 4.78 is 11.0. The van der Waals surface area contributed by atoms with Crippen molar-refractivity contribution in [2.24, 2.45) is 0 Å². The number of nitrogens with one attached hydrogen (secondary N) is 1. The van der Waals surface area contributed by atoms with Crippen molar-refractivity contribution < 1.29 is 19.1 Å². The summed E-state index contributed by atoms with van der Waals surface area (Å²) in [5.41, 5.74) is 1.95. The van der Waals surface area contributed by atoms with Crippen LogP contribution in [0.1, 0.15) is 44.2 Å². The van der Waals surface area contributed by atoms with E-state index in [0.29, 0.717) is 31.0 Å². The van der Waals surface area contributed by atoms with Crippen LogP contribution in [0.3, 0.4) is 0 Å².